The van der Waals surface area contributed by atoms with Crippen molar-refractivity contribution >= 4 is 16.1 Å². The third-order valence-electron chi connectivity index (χ3n) is 3.77. The van der Waals surface area contributed by atoms with Crippen LogP contribution in [-0.2, 0) is 24.2 Å². The molecule has 0 radical (unpaired) electrons. The Labute approximate surface area is 140 Å². The molecule has 3 atom stereocenters. The molecule has 0 saturated carbocycles. The van der Waals surface area contributed by atoms with Crippen LogP contribution >= 0.6 is 0 Å². The molecule has 0 aromatic heterocycles. The van der Waals surface area contributed by atoms with Crippen molar-refractivity contribution in [2.45, 2.75) is 49.8 Å². The Morgan fingerprint density at radius 3 is 2.50 bits per heavy atom. The highest BCUT2D eigenvalue weighted by Gasteiger charge is 2.48. The fraction of sp³-hybridized carbons (Fsp3) is 0.438. The summed E-state index contributed by atoms with van der Waals surface area (Å²) in [6.07, 6.45) is 0.817. The van der Waals surface area contributed by atoms with E-state index in [-0.39, 0.29) is 11.0 Å². The molecule has 1 aromatic rings. The third-order valence-corrected chi connectivity index (χ3v) is 5.10. The number of carbonyl (C=O) groups excluding carboxylic acids is 1. The predicted octanol–water partition coefficient (Wildman–Crippen LogP) is 1.87. The van der Waals surface area contributed by atoms with E-state index in [4.69, 9.17) is 14.2 Å². The summed E-state index contributed by atoms with van der Waals surface area (Å²) in [6.45, 7) is 5.36. The summed E-state index contributed by atoms with van der Waals surface area (Å²) in [7, 11) is -3.98. The number of fused-ring (bicyclic) bond motifs is 1. The molecule has 1 aliphatic heterocycles. The van der Waals surface area contributed by atoms with Crippen LogP contribution in [0.1, 0.15) is 19.4 Å². The minimum atomic E-state index is -3.98. The summed E-state index contributed by atoms with van der Waals surface area (Å²) in [5.41, 5.74) is 0.916. The van der Waals surface area contributed by atoms with Crippen molar-refractivity contribution < 1.29 is 27.4 Å². The quantitative estimate of drug-likeness (QED) is 0.834. The van der Waals surface area contributed by atoms with Crippen molar-refractivity contribution in [3.05, 3.63) is 42.0 Å². The van der Waals surface area contributed by atoms with Gasteiger partial charge in [-0.2, -0.15) is 0 Å². The maximum atomic E-state index is 12.2. The minimum absolute atomic E-state index is 0.00789. The summed E-state index contributed by atoms with van der Waals surface area (Å²) in [5.74, 6) is -0.772. The van der Waals surface area contributed by atoms with E-state index in [1.54, 1.807) is 38.1 Å². The van der Waals surface area contributed by atoms with E-state index < -0.39 is 34.1 Å². The van der Waals surface area contributed by atoms with Gasteiger partial charge in [0.25, 0.3) is 10.0 Å². The highest BCUT2D eigenvalue weighted by molar-refractivity contribution is 7.90. The summed E-state index contributed by atoms with van der Waals surface area (Å²) < 4.78 is 42.7. The fourth-order valence-corrected chi connectivity index (χ4v) is 3.57. The zero-order valence-corrected chi connectivity index (χ0v) is 14.4. The summed E-state index contributed by atoms with van der Waals surface area (Å²) in [5, 5.41) is 0. The molecule has 8 heteroatoms. The molecule has 1 amide bonds. The average molecular weight is 353 g/mol. The SMILES string of the molecule is Cc1ccc(S(=O)(=O)NC(=O)O[C@@H]2C=C[C@@H]3OC(C)(C)O[C@@H]32)cc1. The first-order valence-corrected chi connectivity index (χ1v) is 8.99. The van der Waals surface area contributed by atoms with E-state index in [1.807, 2.05) is 11.6 Å². The van der Waals surface area contributed by atoms with Gasteiger partial charge < -0.3 is 14.2 Å². The zero-order valence-electron chi connectivity index (χ0n) is 13.6. The van der Waals surface area contributed by atoms with Gasteiger partial charge >= 0.3 is 6.09 Å². The lowest BCUT2D eigenvalue weighted by Crippen LogP contribution is -2.38. The molecular formula is C16H19NO6S. The van der Waals surface area contributed by atoms with Gasteiger partial charge in [0.15, 0.2) is 11.9 Å². The van der Waals surface area contributed by atoms with Crippen LogP contribution in [0, 0.1) is 6.92 Å². The van der Waals surface area contributed by atoms with Crippen LogP contribution in [0.2, 0.25) is 0 Å². The van der Waals surface area contributed by atoms with Crippen LogP contribution in [0.3, 0.4) is 0 Å². The molecular weight excluding hydrogens is 334 g/mol. The van der Waals surface area contributed by atoms with Crippen LogP contribution in [0.5, 0.6) is 0 Å². The number of aryl methyl sites for hydroxylation is 1. The number of hydrogen-bond acceptors (Lipinski definition) is 6. The van der Waals surface area contributed by atoms with Gasteiger partial charge in [-0.1, -0.05) is 23.8 Å². The molecule has 1 aliphatic carbocycles. The zero-order chi connectivity index (χ0) is 17.5. The minimum Gasteiger partial charge on any atom is -0.438 e. The van der Waals surface area contributed by atoms with Crippen LogP contribution in [0.25, 0.3) is 0 Å². The molecule has 1 heterocycles. The molecule has 0 bridgehead atoms. The van der Waals surface area contributed by atoms with Gasteiger partial charge in [0.1, 0.15) is 12.2 Å². The second kappa shape index (κ2) is 5.87. The molecule has 0 spiro atoms. The van der Waals surface area contributed by atoms with E-state index in [9.17, 15) is 13.2 Å². The van der Waals surface area contributed by atoms with Crippen molar-refractivity contribution in [2.24, 2.45) is 0 Å². The topological polar surface area (TPSA) is 90.9 Å². The Bertz CT molecular complexity index is 768. The molecule has 1 saturated heterocycles. The van der Waals surface area contributed by atoms with Gasteiger partial charge in [-0.15, -0.1) is 0 Å². The smallest absolute Gasteiger partial charge is 0.421 e. The molecule has 3 rings (SSSR count). The van der Waals surface area contributed by atoms with Gasteiger partial charge in [-0.25, -0.2) is 17.9 Å². The Morgan fingerprint density at radius 2 is 1.83 bits per heavy atom. The molecule has 0 unspecified atom stereocenters. The predicted molar refractivity (Wildman–Crippen MR) is 84.7 cm³/mol. The number of rotatable bonds is 3. The number of nitrogens with one attached hydrogen (secondary N) is 1. The molecule has 1 fully saturated rings. The van der Waals surface area contributed by atoms with Gasteiger partial charge in [-0.3, -0.25) is 0 Å². The Kier molecular flexibility index (Phi) is 4.15. The van der Waals surface area contributed by atoms with Gasteiger partial charge in [0, 0.05) is 0 Å². The van der Waals surface area contributed by atoms with E-state index in [0.717, 1.165) is 5.56 Å². The van der Waals surface area contributed by atoms with Gasteiger partial charge in [-0.05, 0) is 39.0 Å². The maximum Gasteiger partial charge on any atom is 0.421 e. The number of hydrogen-bond donors (Lipinski definition) is 1. The van der Waals surface area contributed by atoms with E-state index in [2.05, 4.69) is 0 Å². The normalized spacial score (nSPS) is 27.7. The molecule has 24 heavy (non-hydrogen) atoms. The second-order valence-electron chi connectivity index (χ2n) is 6.24. The van der Waals surface area contributed by atoms with Crippen molar-refractivity contribution in [3.8, 4) is 0 Å². The van der Waals surface area contributed by atoms with Crippen molar-refractivity contribution in [2.75, 3.05) is 0 Å². The summed E-state index contributed by atoms with van der Waals surface area (Å²) in [4.78, 5) is 12.0. The Hall–Kier alpha value is -1.90. The molecule has 7 nitrogen and oxygen atoms in total. The number of carbonyl (C=O) groups is 1. The monoisotopic (exact) mass is 353 g/mol. The lowest BCUT2D eigenvalue weighted by molar-refractivity contribution is -0.152. The lowest BCUT2D eigenvalue weighted by Gasteiger charge is -2.21. The lowest BCUT2D eigenvalue weighted by atomic mass is 10.2. The highest BCUT2D eigenvalue weighted by atomic mass is 32.2. The van der Waals surface area contributed by atoms with Gasteiger partial charge in [0.05, 0.1) is 4.90 Å². The number of amides is 1. The largest absolute Gasteiger partial charge is 0.438 e. The van der Waals surface area contributed by atoms with Crippen LogP contribution in [0.15, 0.2) is 41.3 Å². The van der Waals surface area contributed by atoms with Crippen molar-refractivity contribution in [1.29, 1.82) is 0 Å². The number of sulfonamides is 1. The first kappa shape index (κ1) is 16.9. The molecule has 2 aliphatic rings. The molecule has 130 valence electrons. The van der Waals surface area contributed by atoms with Crippen LogP contribution in [-0.4, -0.2) is 38.6 Å². The average Bonchev–Trinajstić information content (AvgIpc) is 2.95. The van der Waals surface area contributed by atoms with E-state index >= 15 is 0 Å². The first-order chi connectivity index (χ1) is 11.2. The standard InChI is InChI=1S/C16H19NO6S/c1-10-4-6-11(7-5-10)24(19,20)17-15(18)21-12-8-9-13-14(12)23-16(2,3)22-13/h4-9,12-14H,1-3H3,(H,17,18)/t12-,13+,14-/m1/s1. The van der Waals surface area contributed by atoms with Crippen LogP contribution in [0.4, 0.5) is 4.79 Å². The van der Waals surface area contributed by atoms with E-state index in [0.29, 0.717) is 0 Å². The first-order valence-electron chi connectivity index (χ1n) is 7.50. The maximum absolute atomic E-state index is 12.2. The Morgan fingerprint density at radius 1 is 1.17 bits per heavy atom. The van der Waals surface area contributed by atoms with Crippen LogP contribution < -0.4 is 4.72 Å². The summed E-state index contributed by atoms with van der Waals surface area (Å²) >= 11 is 0. The fourth-order valence-electron chi connectivity index (χ4n) is 2.69. The molecule has 1 aromatic carbocycles. The molecule has 1 N–H and O–H groups in total. The third kappa shape index (κ3) is 3.45. The second-order valence-corrected chi connectivity index (χ2v) is 7.92. The Balaban J connectivity index is 1.64. The van der Waals surface area contributed by atoms with Crippen molar-refractivity contribution in [1.82, 2.24) is 4.72 Å². The van der Waals surface area contributed by atoms with E-state index in [1.165, 1.54) is 12.1 Å². The van der Waals surface area contributed by atoms with Crippen molar-refractivity contribution in [3.63, 3.8) is 0 Å². The number of benzene rings is 1. The van der Waals surface area contributed by atoms with Gasteiger partial charge in [0.2, 0.25) is 0 Å². The summed E-state index contributed by atoms with van der Waals surface area (Å²) in [6, 6.07) is 6.14. The number of ether oxygens (including phenoxy) is 3. The highest BCUT2D eigenvalue weighted by Crippen LogP contribution is 2.35.